The molecular weight excluding hydrogens is 470 g/mol. The molecule has 3 fully saturated rings. The second kappa shape index (κ2) is 8.55. The summed E-state index contributed by atoms with van der Waals surface area (Å²) in [7, 11) is 0. The molecule has 0 aromatic carbocycles. The molecular formula is C26H27N9O2. The number of amides is 1. The molecule has 0 radical (unpaired) electrons. The van der Waals surface area contributed by atoms with Gasteiger partial charge in [0.1, 0.15) is 23.8 Å². The number of carbonyl (C=O) groups is 1. The maximum Gasteiger partial charge on any atom is 0.234 e. The maximum atomic E-state index is 12.9. The minimum atomic E-state index is -0.514. The predicted molar refractivity (Wildman–Crippen MR) is 134 cm³/mol. The minimum absolute atomic E-state index is 0.0309. The van der Waals surface area contributed by atoms with Crippen molar-refractivity contribution in [1.29, 1.82) is 0 Å². The molecule has 2 aliphatic carbocycles. The summed E-state index contributed by atoms with van der Waals surface area (Å²) in [5.74, 6) is 2.78. The summed E-state index contributed by atoms with van der Waals surface area (Å²) in [6.45, 7) is 2.33. The first-order chi connectivity index (χ1) is 18.0. The molecule has 4 aromatic heterocycles. The molecule has 4 atom stereocenters. The van der Waals surface area contributed by atoms with E-state index < -0.39 is 6.10 Å². The highest BCUT2D eigenvalue weighted by Crippen LogP contribution is 2.46. The minimum Gasteiger partial charge on any atom is -0.391 e. The van der Waals surface area contributed by atoms with Crippen LogP contribution in [0.1, 0.15) is 66.3 Å². The summed E-state index contributed by atoms with van der Waals surface area (Å²) in [6.07, 6.45) is 12.4. The van der Waals surface area contributed by atoms with Crippen LogP contribution in [0.25, 0.3) is 5.78 Å². The van der Waals surface area contributed by atoms with Crippen LogP contribution in [0.15, 0.2) is 43.2 Å². The highest BCUT2D eigenvalue weighted by atomic mass is 16.3. The molecule has 4 aromatic rings. The van der Waals surface area contributed by atoms with Gasteiger partial charge in [-0.25, -0.2) is 29.9 Å². The lowest BCUT2D eigenvalue weighted by Gasteiger charge is -2.24. The Morgan fingerprint density at radius 1 is 1.11 bits per heavy atom. The van der Waals surface area contributed by atoms with Crippen molar-refractivity contribution in [2.45, 2.75) is 56.6 Å². The molecule has 3 aliphatic rings. The van der Waals surface area contributed by atoms with E-state index in [-0.39, 0.29) is 23.8 Å². The van der Waals surface area contributed by atoms with Crippen LogP contribution >= 0.6 is 0 Å². The van der Waals surface area contributed by atoms with Crippen molar-refractivity contribution in [2.75, 3.05) is 16.8 Å². The number of fused-ring (bicyclic) bond motifs is 1. The molecule has 11 heteroatoms. The molecule has 1 aliphatic heterocycles. The topological polar surface area (TPSA) is 134 Å². The van der Waals surface area contributed by atoms with Gasteiger partial charge in [0.05, 0.1) is 17.8 Å². The summed E-state index contributed by atoms with van der Waals surface area (Å²) in [4.78, 5) is 41.7. The normalized spacial score (nSPS) is 25.0. The molecule has 7 rings (SSSR count). The first-order valence-electron chi connectivity index (χ1n) is 12.7. The first-order valence-corrected chi connectivity index (χ1v) is 12.7. The van der Waals surface area contributed by atoms with Gasteiger partial charge >= 0.3 is 0 Å². The number of aliphatic hydroxyl groups is 1. The highest BCUT2D eigenvalue weighted by Gasteiger charge is 2.46. The molecule has 2 unspecified atom stereocenters. The first kappa shape index (κ1) is 22.2. The van der Waals surface area contributed by atoms with Crippen molar-refractivity contribution in [2.24, 2.45) is 5.92 Å². The Morgan fingerprint density at radius 2 is 2.00 bits per heavy atom. The highest BCUT2D eigenvalue weighted by molar-refractivity contribution is 5.94. The van der Waals surface area contributed by atoms with E-state index in [0.717, 1.165) is 17.8 Å². The smallest absolute Gasteiger partial charge is 0.234 e. The van der Waals surface area contributed by atoms with Crippen LogP contribution in [-0.4, -0.2) is 58.0 Å². The van der Waals surface area contributed by atoms with E-state index in [1.165, 1.54) is 24.7 Å². The van der Waals surface area contributed by atoms with Crippen LogP contribution in [0, 0.1) is 12.8 Å². The third kappa shape index (κ3) is 4.29. The van der Waals surface area contributed by atoms with E-state index in [9.17, 15) is 9.90 Å². The fourth-order valence-corrected chi connectivity index (χ4v) is 5.26. The largest absolute Gasteiger partial charge is 0.391 e. The van der Waals surface area contributed by atoms with Crippen molar-refractivity contribution in [3.63, 3.8) is 0 Å². The van der Waals surface area contributed by atoms with Crippen LogP contribution in [-0.2, 0) is 4.79 Å². The third-order valence-corrected chi connectivity index (χ3v) is 7.49. The van der Waals surface area contributed by atoms with Crippen molar-refractivity contribution in [3.05, 3.63) is 66.0 Å². The van der Waals surface area contributed by atoms with Gasteiger partial charge in [0, 0.05) is 61.3 Å². The van der Waals surface area contributed by atoms with Gasteiger partial charge in [-0.15, -0.1) is 0 Å². The van der Waals surface area contributed by atoms with Gasteiger partial charge in [0.2, 0.25) is 11.7 Å². The number of rotatable bonds is 6. The predicted octanol–water partition coefficient (Wildman–Crippen LogP) is 2.55. The molecule has 0 bridgehead atoms. The van der Waals surface area contributed by atoms with E-state index in [4.69, 9.17) is 4.98 Å². The Labute approximate surface area is 213 Å². The Balaban J connectivity index is 1.09. The molecule has 0 spiro atoms. The number of aryl methyl sites for hydroxylation is 1. The summed E-state index contributed by atoms with van der Waals surface area (Å²) < 4.78 is 1.97. The van der Waals surface area contributed by atoms with E-state index in [1.54, 1.807) is 12.3 Å². The zero-order chi connectivity index (χ0) is 25.1. The van der Waals surface area contributed by atoms with Gasteiger partial charge in [-0.05, 0) is 43.7 Å². The quantitative estimate of drug-likeness (QED) is 0.412. The summed E-state index contributed by atoms with van der Waals surface area (Å²) >= 11 is 0. The molecule has 2 saturated carbocycles. The second-order valence-corrected chi connectivity index (χ2v) is 10.3. The fraction of sp³-hybridized carbons (Fsp3) is 0.423. The van der Waals surface area contributed by atoms with E-state index in [0.29, 0.717) is 42.1 Å². The van der Waals surface area contributed by atoms with Crippen molar-refractivity contribution in [1.82, 2.24) is 34.3 Å². The molecule has 2 N–H and O–H groups in total. The fourth-order valence-electron chi connectivity index (χ4n) is 5.26. The number of imidazole rings is 1. The van der Waals surface area contributed by atoms with Gasteiger partial charge in [-0.1, -0.05) is 0 Å². The number of aromatic nitrogens is 7. The van der Waals surface area contributed by atoms with Crippen molar-refractivity contribution >= 4 is 23.3 Å². The molecule has 1 saturated heterocycles. The lowest BCUT2D eigenvalue weighted by molar-refractivity contribution is -0.117. The molecule has 37 heavy (non-hydrogen) atoms. The number of carbonyl (C=O) groups excluding carboxylic acids is 1. The average Bonchev–Trinajstić information content (AvgIpc) is 3.81. The van der Waals surface area contributed by atoms with Crippen LogP contribution < -0.4 is 10.2 Å². The zero-order valence-corrected chi connectivity index (χ0v) is 20.4. The number of β-amino-alcohol motifs (C(OH)–C–C–N with tert-alkyl or cyclic N) is 1. The number of anilines is 2. The average molecular weight is 498 g/mol. The summed E-state index contributed by atoms with van der Waals surface area (Å²) in [5.41, 5.74) is 2.96. The molecule has 5 heterocycles. The van der Waals surface area contributed by atoms with E-state index in [2.05, 4.69) is 36.4 Å². The SMILES string of the molecule is Cc1ccnc(C2CC2C(=O)Nc2cc(N3C[C@@H](O)C[C@@H]3c3cn4cc(C5CC5)cnc4n3)ncn2)n1. The van der Waals surface area contributed by atoms with Crippen LogP contribution in [0.5, 0.6) is 0 Å². The van der Waals surface area contributed by atoms with Gasteiger partial charge in [0.15, 0.2) is 0 Å². The van der Waals surface area contributed by atoms with E-state index >= 15 is 0 Å². The van der Waals surface area contributed by atoms with Crippen LogP contribution in [0.2, 0.25) is 0 Å². The Morgan fingerprint density at radius 3 is 2.84 bits per heavy atom. The second-order valence-electron chi connectivity index (χ2n) is 10.3. The maximum absolute atomic E-state index is 12.9. The lowest BCUT2D eigenvalue weighted by atomic mass is 10.1. The Bertz CT molecular complexity index is 1500. The van der Waals surface area contributed by atoms with Gasteiger partial charge in [-0.3, -0.25) is 9.20 Å². The summed E-state index contributed by atoms with van der Waals surface area (Å²) in [5, 5.41) is 13.5. The number of aliphatic hydroxyl groups excluding tert-OH is 1. The van der Waals surface area contributed by atoms with Crippen LogP contribution in [0.3, 0.4) is 0 Å². The zero-order valence-electron chi connectivity index (χ0n) is 20.4. The Kier molecular flexibility index (Phi) is 5.13. The standard InChI is InChI=1S/C26H27N9O2/c1-14-4-5-27-24(31-14)18-7-19(18)25(37)33-22-8-23(30-13-29-22)35-11-17(36)6-21(35)20-12-34-10-16(15-2-3-15)9-28-26(34)32-20/h4-5,8-10,12-13,15,17-19,21,36H,2-3,6-7,11H2,1H3,(H,29,30,33,37)/t17-,18?,19?,21+/m0/s1. The Hall–Kier alpha value is -3.99. The van der Waals surface area contributed by atoms with Gasteiger partial charge in [0.25, 0.3) is 0 Å². The molecule has 188 valence electrons. The van der Waals surface area contributed by atoms with Gasteiger partial charge in [-0.2, -0.15) is 0 Å². The number of nitrogens with zero attached hydrogens (tertiary/aromatic N) is 8. The number of hydrogen-bond acceptors (Lipinski definition) is 9. The van der Waals surface area contributed by atoms with Gasteiger partial charge < -0.3 is 15.3 Å². The summed E-state index contributed by atoms with van der Waals surface area (Å²) in [6, 6.07) is 3.44. The lowest BCUT2D eigenvalue weighted by Crippen LogP contribution is -2.26. The van der Waals surface area contributed by atoms with E-state index in [1.807, 2.05) is 34.7 Å². The van der Waals surface area contributed by atoms with Crippen molar-refractivity contribution in [3.8, 4) is 0 Å². The molecule has 11 nitrogen and oxygen atoms in total. The monoisotopic (exact) mass is 497 g/mol. The van der Waals surface area contributed by atoms with Crippen LogP contribution in [0.4, 0.5) is 11.6 Å². The number of hydrogen-bond donors (Lipinski definition) is 2. The van der Waals surface area contributed by atoms with Crippen molar-refractivity contribution < 1.29 is 9.90 Å². The molecule has 1 amide bonds. The number of nitrogens with one attached hydrogen (secondary N) is 1. The third-order valence-electron chi connectivity index (χ3n) is 7.49.